The first-order valence-corrected chi connectivity index (χ1v) is 9.77. The van der Waals surface area contributed by atoms with Crippen LogP contribution < -0.4 is 4.90 Å². The molecule has 1 saturated heterocycles. The molecule has 0 radical (unpaired) electrons. The van der Waals surface area contributed by atoms with Gasteiger partial charge in [0.15, 0.2) is 12.5 Å². The Morgan fingerprint density at radius 1 is 1.38 bits per heavy atom. The van der Waals surface area contributed by atoms with Crippen LogP contribution in [0.3, 0.4) is 0 Å². The molecule has 26 heavy (non-hydrogen) atoms. The van der Waals surface area contributed by atoms with Crippen molar-refractivity contribution in [3.05, 3.63) is 34.6 Å². The lowest BCUT2D eigenvalue weighted by Crippen LogP contribution is -3.13. The van der Waals surface area contributed by atoms with E-state index < -0.39 is 0 Å². The first-order chi connectivity index (χ1) is 12.6. The predicted molar refractivity (Wildman–Crippen MR) is 102 cm³/mol. The fourth-order valence-corrected chi connectivity index (χ4v) is 3.67. The smallest absolute Gasteiger partial charge is 0.314 e. The van der Waals surface area contributed by atoms with Crippen LogP contribution in [-0.4, -0.2) is 40.4 Å². The molecular weight excluding hydrogens is 348 g/mol. The van der Waals surface area contributed by atoms with E-state index in [2.05, 4.69) is 41.3 Å². The Kier molecular flexibility index (Phi) is 6.21. The first kappa shape index (κ1) is 18.8. The van der Waals surface area contributed by atoms with Gasteiger partial charge in [-0.3, -0.25) is 9.89 Å². The topological polar surface area (TPSA) is 64.3 Å². The molecule has 1 unspecified atom stereocenters. The molecule has 1 fully saturated rings. The van der Waals surface area contributed by atoms with E-state index in [1.165, 1.54) is 10.5 Å². The van der Waals surface area contributed by atoms with E-state index >= 15 is 0 Å². The molecule has 2 heterocycles. The number of rotatable bonds is 6. The molecule has 3 rings (SSSR count). The summed E-state index contributed by atoms with van der Waals surface area (Å²) in [6, 6.07) is 8.37. The monoisotopic (exact) mass is 375 g/mol. The summed E-state index contributed by atoms with van der Waals surface area (Å²) in [5, 5.41) is 3.32. The van der Waals surface area contributed by atoms with Crippen molar-refractivity contribution in [2.24, 2.45) is 5.92 Å². The van der Waals surface area contributed by atoms with Gasteiger partial charge in [-0.2, -0.15) is 4.98 Å². The fraction of sp³-hybridized carbons (Fsp3) is 0.526. The summed E-state index contributed by atoms with van der Waals surface area (Å²) in [5.41, 5.74) is 2.33. The molecule has 1 aliphatic rings. The van der Waals surface area contributed by atoms with Gasteiger partial charge in [-0.05, 0) is 44.0 Å². The van der Waals surface area contributed by atoms with Gasteiger partial charge in [0.1, 0.15) is 5.92 Å². The van der Waals surface area contributed by atoms with Gasteiger partial charge in [0.05, 0.1) is 19.7 Å². The number of piperidine rings is 1. The zero-order valence-electron chi connectivity index (χ0n) is 15.5. The number of nitrogens with one attached hydrogen (secondary N) is 2. The van der Waals surface area contributed by atoms with E-state index in [-0.39, 0.29) is 11.9 Å². The van der Waals surface area contributed by atoms with Gasteiger partial charge in [-0.15, -0.1) is 0 Å². The molecule has 1 aliphatic heterocycles. The summed E-state index contributed by atoms with van der Waals surface area (Å²) in [7, 11) is 0. The van der Waals surface area contributed by atoms with Gasteiger partial charge in [0.25, 0.3) is 0 Å². The summed E-state index contributed by atoms with van der Waals surface area (Å²) in [6.45, 7) is 6.93. The van der Waals surface area contributed by atoms with Gasteiger partial charge in [-0.25, -0.2) is 4.68 Å². The number of benzene rings is 1. The minimum absolute atomic E-state index is 0.0168. The number of hydrogen-bond donors (Lipinski definition) is 2. The molecule has 6 nitrogen and oxygen atoms in total. The summed E-state index contributed by atoms with van der Waals surface area (Å²) in [4.78, 5) is 17.8. The van der Waals surface area contributed by atoms with Crippen LogP contribution in [0, 0.1) is 10.7 Å². The van der Waals surface area contributed by atoms with E-state index in [9.17, 15) is 4.79 Å². The number of likely N-dealkylation sites (tertiary alicyclic amines) is 1. The molecule has 0 saturated carbocycles. The van der Waals surface area contributed by atoms with E-state index in [0.29, 0.717) is 18.0 Å². The number of quaternary nitrogens is 1. The van der Waals surface area contributed by atoms with Gasteiger partial charge < -0.3 is 9.64 Å². The highest BCUT2D eigenvalue weighted by molar-refractivity contribution is 7.71. The quantitative estimate of drug-likeness (QED) is 0.599. The normalized spacial score (nSPS) is 20.1. The summed E-state index contributed by atoms with van der Waals surface area (Å²) in [6.07, 6.45) is 2.95. The number of esters is 1. The Labute approximate surface area is 159 Å². The third-order valence-corrected chi connectivity index (χ3v) is 5.25. The van der Waals surface area contributed by atoms with E-state index in [1.807, 2.05) is 11.6 Å². The van der Waals surface area contributed by atoms with Gasteiger partial charge in [0.2, 0.25) is 4.77 Å². The molecule has 0 bridgehead atoms. The van der Waals surface area contributed by atoms with Crippen LogP contribution in [-0.2, 0) is 22.6 Å². The Hall–Kier alpha value is -1.99. The van der Waals surface area contributed by atoms with E-state index in [4.69, 9.17) is 17.0 Å². The molecule has 1 aromatic heterocycles. The van der Waals surface area contributed by atoms with Crippen LogP contribution in [0.2, 0.25) is 0 Å². The highest BCUT2D eigenvalue weighted by Crippen LogP contribution is 2.16. The van der Waals surface area contributed by atoms with Gasteiger partial charge in [-0.1, -0.05) is 31.2 Å². The van der Waals surface area contributed by atoms with Crippen molar-refractivity contribution in [2.75, 3.05) is 19.7 Å². The van der Waals surface area contributed by atoms with Crippen molar-refractivity contribution < 1.29 is 14.4 Å². The molecule has 7 heteroatoms. The van der Waals surface area contributed by atoms with Crippen molar-refractivity contribution in [3.8, 4) is 11.4 Å². The number of carbonyl (C=O) groups is 1. The molecule has 1 aromatic carbocycles. The summed E-state index contributed by atoms with van der Waals surface area (Å²) >= 11 is 5.43. The Balaban J connectivity index is 1.69. The maximum atomic E-state index is 12.0. The Bertz CT molecular complexity index is 797. The number of aryl methyl sites for hydroxylation is 1. The van der Waals surface area contributed by atoms with Crippen LogP contribution >= 0.6 is 12.2 Å². The molecule has 0 amide bonds. The molecule has 2 aromatic rings. The molecule has 2 atom stereocenters. The zero-order valence-corrected chi connectivity index (χ0v) is 16.3. The fourth-order valence-electron chi connectivity index (χ4n) is 3.47. The van der Waals surface area contributed by atoms with E-state index in [0.717, 1.165) is 43.7 Å². The maximum absolute atomic E-state index is 12.0. The molecule has 0 aliphatic carbocycles. The molecular formula is C19H27N4O2S+. The van der Waals surface area contributed by atoms with Crippen LogP contribution in [0.4, 0.5) is 0 Å². The SMILES string of the molecule is CCOC(=O)[C@@H]1CCC[NH+](Cn2[nH]c(-c3ccc(CC)cc3)nc2=S)C1. The average Bonchev–Trinajstić information content (AvgIpc) is 3.03. The van der Waals surface area contributed by atoms with Crippen molar-refractivity contribution >= 4 is 18.2 Å². The van der Waals surface area contributed by atoms with Crippen molar-refractivity contribution in [1.29, 1.82) is 0 Å². The van der Waals surface area contributed by atoms with Crippen molar-refractivity contribution in [2.45, 2.75) is 39.8 Å². The minimum Gasteiger partial charge on any atom is -0.466 e. The van der Waals surface area contributed by atoms with Crippen molar-refractivity contribution in [3.63, 3.8) is 0 Å². The highest BCUT2D eigenvalue weighted by atomic mass is 32.1. The Morgan fingerprint density at radius 3 is 2.85 bits per heavy atom. The first-order valence-electron chi connectivity index (χ1n) is 9.37. The van der Waals surface area contributed by atoms with Crippen LogP contribution in [0.15, 0.2) is 24.3 Å². The largest absolute Gasteiger partial charge is 0.466 e. The van der Waals surface area contributed by atoms with Crippen LogP contribution in [0.1, 0.15) is 32.3 Å². The third kappa shape index (κ3) is 4.40. The van der Waals surface area contributed by atoms with Crippen LogP contribution in [0.5, 0.6) is 0 Å². The summed E-state index contributed by atoms with van der Waals surface area (Å²) in [5.74, 6) is 0.697. The molecule has 140 valence electrons. The lowest BCUT2D eigenvalue weighted by molar-refractivity contribution is -0.930. The molecule has 0 spiro atoms. The number of ether oxygens (including phenoxy) is 1. The highest BCUT2D eigenvalue weighted by Gasteiger charge is 2.30. The minimum atomic E-state index is -0.0744. The Morgan fingerprint density at radius 2 is 2.15 bits per heavy atom. The lowest BCUT2D eigenvalue weighted by atomic mass is 9.99. The second-order valence-corrected chi connectivity index (χ2v) is 7.15. The number of carbonyl (C=O) groups excluding carboxylic acids is 1. The second kappa shape index (κ2) is 8.60. The van der Waals surface area contributed by atoms with Crippen molar-refractivity contribution in [1.82, 2.24) is 14.8 Å². The lowest BCUT2D eigenvalue weighted by Gasteiger charge is -2.28. The van der Waals surface area contributed by atoms with Crippen LogP contribution in [0.25, 0.3) is 11.4 Å². The third-order valence-electron chi connectivity index (χ3n) is 4.93. The number of aromatic nitrogens is 3. The van der Waals surface area contributed by atoms with E-state index in [1.54, 1.807) is 0 Å². The number of nitrogens with zero attached hydrogens (tertiary/aromatic N) is 2. The van der Waals surface area contributed by atoms with Gasteiger partial charge >= 0.3 is 5.97 Å². The zero-order chi connectivity index (χ0) is 18.5. The number of H-pyrrole nitrogens is 1. The summed E-state index contributed by atoms with van der Waals surface area (Å²) < 4.78 is 7.64. The average molecular weight is 376 g/mol. The standard InChI is InChI=1S/C19H26N4O2S/c1-3-14-7-9-15(10-8-14)17-20-19(26)23(21-17)13-22-11-5-6-16(12-22)18(24)25-4-2/h7-10,16H,3-6,11-13H2,1-2H3,(H,20,21,26)/p+1/t16-/m1/s1. The number of aromatic amines is 1. The predicted octanol–water partition coefficient (Wildman–Crippen LogP) is 1.99. The second-order valence-electron chi connectivity index (χ2n) is 6.79. The number of hydrogen-bond acceptors (Lipinski definition) is 4. The molecule has 2 N–H and O–H groups in total. The maximum Gasteiger partial charge on any atom is 0.314 e. The van der Waals surface area contributed by atoms with Gasteiger partial charge in [0, 0.05) is 5.56 Å².